The molecule has 1 amide bonds. The van der Waals surface area contributed by atoms with Gasteiger partial charge in [0, 0.05) is 24.9 Å². The number of hydrogen-bond acceptors (Lipinski definition) is 6. The van der Waals surface area contributed by atoms with E-state index >= 15 is 0 Å². The van der Waals surface area contributed by atoms with Gasteiger partial charge in [-0.2, -0.15) is 0 Å². The summed E-state index contributed by atoms with van der Waals surface area (Å²) in [5.41, 5.74) is -0.425. The summed E-state index contributed by atoms with van der Waals surface area (Å²) in [6.45, 7) is 1.24. The van der Waals surface area contributed by atoms with E-state index in [1.165, 1.54) is 26.3 Å². The van der Waals surface area contributed by atoms with Crippen molar-refractivity contribution < 1.29 is 18.7 Å². The lowest BCUT2D eigenvalue weighted by Gasteiger charge is -2.08. The molecule has 0 saturated heterocycles. The van der Waals surface area contributed by atoms with Crippen molar-refractivity contribution in [3.63, 3.8) is 0 Å². The van der Waals surface area contributed by atoms with Gasteiger partial charge in [-0.05, 0) is 18.2 Å². The monoisotopic (exact) mass is 288 g/mol. The summed E-state index contributed by atoms with van der Waals surface area (Å²) in [6.07, 6.45) is 2.99. The summed E-state index contributed by atoms with van der Waals surface area (Å²) >= 11 is 0. The number of methoxy groups -OCH3 is 1. The van der Waals surface area contributed by atoms with Gasteiger partial charge >= 0.3 is 11.6 Å². The molecule has 0 spiro atoms. The lowest BCUT2D eigenvalue weighted by atomic mass is 10.1. The average molecular weight is 288 g/mol. The first-order valence-electron chi connectivity index (χ1n) is 5.97. The Kier molecular flexibility index (Phi) is 4.13. The smallest absolute Gasteiger partial charge is 0.360 e. The Labute approximate surface area is 119 Å². The van der Waals surface area contributed by atoms with Crippen molar-refractivity contribution in [2.75, 3.05) is 12.4 Å². The molecule has 2 rings (SSSR count). The second-order valence-corrected chi connectivity index (χ2v) is 4.10. The van der Waals surface area contributed by atoms with Crippen molar-refractivity contribution in [2.45, 2.75) is 6.92 Å². The predicted octanol–water partition coefficient (Wildman–Crippen LogP) is 1.45. The van der Waals surface area contributed by atoms with Crippen molar-refractivity contribution in [3.05, 3.63) is 46.6 Å². The number of amides is 1. The first-order valence-corrected chi connectivity index (χ1v) is 5.97. The molecular formula is C14H12N2O5. The van der Waals surface area contributed by atoms with Gasteiger partial charge in [-0.15, -0.1) is 0 Å². The Morgan fingerprint density at radius 2 is 2.14 bits per heavy atom. The molecule has 0 aliphatic carbocycles. The number of esters is 1. The summed E-state index contributed by atoms with van der Waals surface area (Å²) in [7, 11) is 1.21. The molecule has 21 heavy (non-hydrogen) atoms. The molecule has 0 aromatic carbocycles. The molecule has 0 aliphatic rings. The Balaban J connectivity index is 2.64. The Hall–Kier alpha value is -2.96. The molecule has 0 saturated carbocycles. The number of pyridine rings is 1. The first-order chi connectivity index (χ1) is 10.0. The van der Waals surface area contributed by atoms with E-state index in [0.29, 0.717) is 5.56 Å². The second-order valence-electron chi connectivity index (χ2n) is 4.10. The summed E-state index contributed by atoms with van der Waals surface area (Å²) in [5.74, 6) is -1.11. The topological polar surface area (TPSA) is 98.5 Å². The van der Waals surface area contributed by atoms with Crippen molar-refractivity contribution in [1.82, 2.24) is 4.98 Å². The molecule has 2 heterocycles. The van der Waals surface area contributed by atoms with E-state index in [0.717, 1.165) is 0 Å². The third kappa shape index (κ3) is 3.14. The molecule has 0 atom stereocenters. The lowest BCUT2D eigenvalue weighted by molar-refractivity contribution is -0.114. The van der Waals surface area contributed by atoms with Gasteiger partial charge in [-0.3, -0.25) is 9.78 Å². The molecule has 0 unspecified atom stereocenters. The average Bonchev–Trinajstić information content (AvgIpc) is 2.48. The molecule has 0 radical (unpaired) electrons. The van der Waals surface area contributed by atoms with E-state index in [4.69, 9.17) is 4.42 Å². The molecule has 2 aromatic heterocycles. The van der Waals surface area contributed by atoms with Gasteiger partial charge in [0.05, 0.1) is 7.11 Å². The lowest BCUT2D eigenvalue weighted by Crippen LogP contribution is -2.17. The van der Waals surface area contributed by atoms with Crippen LogP contribution in [0.25, 0.3) is 11.3 Å². The van der Waals surface area contributed by atoms with Gasteiger partial charge in [0.2, 0.25) is 5.91 Å². The SMILES string of the molecule is COC(=O)c1cc(NC(C)=O)c(=O)oc1-c1cccnc1. The van der Waals surface area contributed by atoms with Gasteiger partial charge in [-0.1, -0.05) is 0 Å². The number of carbonyl (C=O) groups excluding carboxylic acids is 2. The number of hydrogen-bond donors (Lipinski definition) is 1. The Morgan fingerprint density at radius 3 is 2.71 bits per heavy atom. The summed E-state index contributed by atoms with van der Waals surface area (Å²) < 4.78 is 9.80. The molecular weight excluding hydrogens is 276 g/mol. The fourth-order valence-electron chi connectivity index (χ4n) is 1.72. The minimum absolute atomic E-state index is 0.0221. The van der Waals surface area contributed by atoms with Crippen LogP contribution in [0.4, 0.5) is 5.69 Å². The highest BCUT2D eigenvalue weighted by molar-refractivity contribution is 5.97. The van der Waals surface area contributed by atoms with Crippen LogP contribution < -0.4 is 10.9 Å². The van der Waals surface area contributed by atoms with Crippen LogP contribution in [0.5, 0.6) is 0 Å². The number of nitrogens with zero attached hydrogens (tertiary/aromatic N) is 1. The zero-order valence-electron chi connectivity index (χ0n) is 11.4. The quantitative estimate of drug-likeness (QED) is 0.858. The van der Waals surface area contributed by atoms with E-state index in [1.807, 2.05) is 0 Å². The van der Waals surface area contributed by atoms with Gasteiger partial charge in [0.25, 0.3) is 0 Å². The summed E-state index contributed by atoms with van der Waals surface area (Å²) in [4.78, 5) is 38.7. The molecule has 2 aromatic rings. The number of carbonyl (C=O) groups is 2. The number of ether oxygens (including phenoxy) is 1. The van der Waals surface area contributed by atoms with Crippen molar-refractivity contribution in [1.29, 1.82) is 0 Å². The van der Waals surface area contributed by atoms with Crippen LogP contribution in [0.1, 0.15) is 17.3 Å². The summed E-state index contributed by atoms with van der Waals surface area (Å²) in [6, 6.07) is 4.50. The molecule has 0 aliphatic heterocycles. The molecule has 0 bridgehead atoms. The molecule has 1 N–H and O–H groups in total. The van der Waals surface area contributed by atoms with E-state index in [9.17, 15) is 14.4 Å². The predicted molar refractivity (Wildman–Crippen MR) is 73.9 cm³/mol. The zero-order valence-corrected chi connectivity index (χ0v) is 11.4. The van der Waals surface area contributed by atoms with E-state index in [1.54, 1.807) is 18.3 Å². The van der Waals surface area contributed by atoms with Gasteiger partial charge in [-0.25, -0.2) is 9.59 Å². The van der Waals surface area contributed by atoms with E-state index in [2.05, 4.69) is 15.0 Å². The highest BCUT2D eigenvalue weighted by Crippen LogP contribution is 2.24. The van der Waals surface area contributed by atoms with Crippen LogP contribution in [-0.2, 0) is 9.53 Å². The van der Waals surface area contributed by atoms with Crippen molar-refractivity contribution in [3.8, 4) is 11.3 Å². The summed E-state index contributed by atoms with van der Waals surface area (Å²) in [5, 5.41) is 2.30. The minimum Gasteiger partial charge on any atom is -0.465 e. The molecule has 7 heteroatoms. The zero-order chi connectivity index (χ0) is 15.4. The maximum Gasteiger partial charge on any atom is 0.360 e. The van der Waals surface area contributed by atoms with Crippen molar-refractivity contribution in [2.24, 2.45) is 0 Å². The number of anilines is 1. The first kappa shape index (κ1) is 14.4. The standard InChI is InChI=1S/C14H12N2O5/c1-8(17)16-11-6-10(13(18)20-2)12(21-14(11)19)9-4-3-5-15-7-9/h3-7H,1-2H3,(H,16,17). The van der Waals surface area contributed by atoms with Crippen LogP contribution in [0.3, 0.4) is 0 Å². The van der Waals surface area contributed by atoms with Crippen LogP contribution >= 0.6 is 0 Å². The normalized spacial score (nSPS) is 10.0. The maximum atomic E-state index is 11.9. The van der Waals surface area contributed by atoms with E-state index < -0.39 is 17.5 Å². The van der Waals surface area contributed by atoms with Crippen LogP contribution in [0, 0.1) is 0 Å². The van der Waals surface area contributed by atoms with Gasteiger partial charge in [0.15, 0.2) is 5.76 Å². The fraction of sp³-hybridized carbons (Fsp3) is 0.143. The third-order valence-electron chi connectivity index (χ3n) is 2.59. The molecule has 7 nitrogen and oxygen atoms in total. The maximum absolute atomic E-state index is 11.9. The second kappa shape index (κ2) is 6.00. The highest BCUT2D eigenvalue weighted by Gasteiger charge is 2.20. The van der Waals surface area contributed by atoms with Crippen LogP contribution in [0.2, 0.25) is 0 Å². The third-order valence-corrected chi connectivity index (χ3v) is 2.59. The van der Waals surface area contributed by atoms with E-state index in [-0.39, 0.29) is 17.0 Å². The minimum atomic E-state index is -0.767. The molecule has 0 fully saturated rings. The number of aromatic nitrogens is 1. The number of rotatable bonds is 3. The largest absolute Gasteiger partial charge is 0.465 e. The van der Waals surface area contributed by atoms with Crippen LogP contribution in [0.15, 0.2) is 39.8 Å². The van der Waals surface area contributed by atoms with Crippen LogP contribution in [-0.4, -0.2) is 24.0 Å². The Morgan fingerprint density at radius 1 is 1.38 bits per heavy atom. The highest BCUT2D eigenvalue weighted by atomic mass is 16.5. The van der Waals surface area contributed by atoms with Gasteiger partial charge in [0.1, 0.15) is 11.3 Å². The molecule has 108 valence electrons. The fourth-order valence-corrected chi connectivity index (χ4v) is 1.72. The Bertz CT molecular complexity index is 737. The number of nitrogens with one attached hydrogen (secondary N) is 1. The van der Waals surface area contributed by atoms with Gasteiger partial charge < -0.3 is 14.5 Å². The van der Waals surface area contributed by atoms with Crippen molar-refractivity contribution >= 4 is 17.6 Å².